The normalized spacial score (nSPS) is 11.0. The maximum atomic E-state index is 12.4. The highest BCUT2D eigenvalue weighted by Gasteiger charge is 2.37. The number of amides is 1. The molecule has 0 heterocycles. The Morgan fingerprint density at radius 1 is 1.38 bits per heavy atom. The van der Waals surface area contributed by atoms with Crippen molar-refractivity contribution in [2.45, 2.75) is 26.3 Å². The molecule has 0 spiro atoms. The highest BCUT2D eigenvalue weighted by atomic mass is 35.5. The molecule has 21 heavy (non-hydrogen) atoms. The largest absolute Gasteiger partial charge is 0.480 e. The molecule has 1 N–H and O–H groups in total. The third-order valence-corrected chi connectivity index (χ3v) is 3.32. The van der Waals surface area contributed by atoms with E-state index < -0.39 is 22.3 Å². The summed E-state index contributed by atoms with van der Waals surface area (Å²) in [6.07, 6.45) is 0. The smallest absolute Gasteiger partial charge is 0.329 e. The number of hydrogen-bond acceptors (Lipinski definition) is 4. The van der Waals surface area contributed by atoms with Gasteiger partial charge in [0.05, 0.1) is 4.92 Å². The minimum Gasteiger partial charge on any atom is -0.480 e. The second-order valence-electron chi connectivity index (χ2n) is 4.87. The number of non-ortho nitro benzene ring substituents is 1. The summed E-state index contributed by atoms with van der Waals surface area (Å²) in [6.45, 7) is 4.53. The van der Waals surface area contributed by atoms with Crippen molar-refractivity contribution in [3.63, 3.8) is 0 Å². The zero-order chi connectivity index (χ0) is 16.4. The van der Waals surface area contributed by atoms with Crippen molar-refractivity contribution in [1.29, 1.82) is 0 Å². The predicted octanol–water partition coefficient (Wildman–Crippen LogP) is 2.57. The average molecular weight is 315 g/mol. The van der Waals surface area contributed by atoms with E-state index in [1.807, 2.05) is 0 Å². The number of likely N-dealkylation sites (N-methyl/N-ethyl adjacent to an activating group) is 1. The summed E-state index contributed by atoms with van der Waals surface area (Å²) in [4.78, 5) is 35.0. The second kappa shape index (κ2) is 6.09. The molecule has 7 nitrogen and oxygen atoms in total. The van der Waals surface area contributed by atoms with E-state index in [0.29, 0.717) is 0 Å². The summed E-state index contributed by atoms with van der Waals surface area (Å²) in [5.41, 5.74) is -1.79. The van der Waals surface area contributed by atoms with Gasteiger partial charge in [-0.3, -0.25) is 14.9 Å². The molecule has 1 aromatic carbocycles. The van der Waals surface area contributed by atoms with E-state index in [1.165, 1.54) is 19.9 Å². The summed E-state index contributed by atoms with van der Waals surface area (Å²) in [5.74, 6) is -1.80. The maximum Gasteiger partial charge on any atom is 0.329 e. The van der Waals surface area contributed by atoms with Crippen LogP contribution in [0.2, 0.25) is 5.02 Å². The fourth-order valence-corrected chi connectivity index (χ4v) is 2.10. The number of carboxylic acid groups (broad SMARTS) is 1. The second-order valence-corrected chi connectivity index (χ2v) is 5.31. The Morgan fingerprint density at radius 3 is 2.38 bits per heavy atom. The molecule has 0 aliphatic rings. The topological polar surface area (TPSA) is 101 Å². The van der Waals surface area contributed by atoms with Crippen LogP contribution in [0.5, 0.6) is 0 Å². The first-order chi connectivity index (χ1) is 9.61. The first-order valence-corrected chi connectivity index (χ1v) is 6.49. The molecule has 0 fully saturated rings. The van der Waals surface area contributed by atoms with Crippen LogP contribution in [-0.4, -0.2) is 38.9 Å². The molecule has 1 aromatic rings. The van der Waals surface area contributed by atoms with E-state index in [1.54, 1.807) is 6.92 Å². The lowest BCUT2D eigenvalue weighted by molar-refractivity contribution is -0.384. The van der Waals surface area contributed by atoms with Crippen molar-refractivity contribution in [2.24, 2.45) is 0 Å². The number of nitrogens with zero attached hydrogens (tertiary/aromatic N) is 2. The lowest BCUT2D eigenvalue weighted by Gasteiger charge is -2.34. The molecule has 0 radical (unpaired) electrons. The minimum absolute atomic E-state index is 0.0228. The first-order valence-electron chi connectivity index (χ1n) is 6.11. The zero-order valence-electron chi connectivity index (χ0n) is 11.8. The fourth-order valence-electron chi connectivity index (χ4n) is 1.87. The molecular formula is C13H15ClN2O5. The van der Waals surface area contributed by atoms with E-state index >= 15 is 0 Å². The van der Waals surface area contributed by atoms with Crippen molar-refractivity contribution in [1.82, 2.24) is 4.90 Å². The zero-order valence-corrected chi connectivity index (χ0v) is 12.5. The van der Waals surface area contributed by atoms with Crippen molar-refractivity contribution < 1.29 is 19.6 Å². The monoisotopic (exact) mass is 314 g/mol. The molecule has 0 atom stereocenters. The third-order valence-electron chi connectivity index (χ3n) is 3.10. The highest BCUT2D eigenvalue weighted by molar-refractivity contribution is 6.31. The van der Waals surface area contributed by atoms with Crippen LogP contribution >= 0.6 is 11.6 Å². The number of benzene rings is 1. The van der Waals surface area contributed by atoms with Gasteiger partial charge in [-0.05, 0) is 26.8 Å². The molecule has 0 saturated heterocycles. The van der Waals surface area contributed by atoms with Gasteiger partial charge in [0.15, 0.2) is 0 Å². The van der Waals surface area contributed by atoms with Gasteiger partial charge in [0.1, 0.15) is 5.54 Å². The Labute approximate surface area is 126 Å². The fraction of sp³-hybridized carbons (Fsp3) is 0.385. The van der Waals surface area contributed by atoms with E-state index in [2.05, 4.69) is 0 Å². The van der Waals surface area contributed by atoms with Crippen molar-refractivity contribution in [3.05, 3.63) is 38.9 Å². The van der Waals surface area contributed by atoms with Gasteiger partial charge < -0.3 is 10.0 Å². The summed E-state index contributed by atoms with van der Waals surface area (Å²) < 4.78 is 0. The number of nitro groups is 1. The maximum absolute atomic E-state index is 12.4. The Bertz CT molecular complexity index is 600. The van der Waals surface area contributed by atoms with Crippen LogP contribution in [0.15, 0.2) is 18.2 Å². The van der Waals surface area contributed by atoms with Gasteiger partial charge in [-0.2, -0.15) is 0 Å². The van der Waals surface area contributed by atoms with Gasteiger partial charge in [-0.25, -0.2) is 4.79 Å². The van der Waals surface area contributed by atoms with E-state index in [9.17, 15) is 24.8 Å². The van der Waals surface area contributed by atoms with E-state index in [4.69, 9.17) is 11.6 Å². The van der Waals surface area contributed by atoms with Crippen molar-refractivity contribution in [3.8, 4) is 0 Å². The molecule has 0 unspecified atom stereocenters. The molecule has 0 aliphatic carbocycles. The molecule has 0 aromatic heterocycles. The Morgan fingerprint density at radius 2 is 1.95 bits per heavy atom. The summed E-state index contributed by atoms with van der Waals surface area (Å²) in [6, 6.07) is 3.48. The number of aliphatic carboxylic acids is 1. The Kier molecular flexibility index (Phi) is 4.90. The number of rotatable bonds is 5. The van der Waals surface area contributed by atoms with Crippen molar-refractivity contribution in [2.75, 3.05) is 6.54 Å². The lowest BCUT2D eigenvalue weighted by Crippen LogP contribution is -2.52. The molecule has 0 bridgehead atoms. The molecule has 1 rings (SSSR count). The van der Waals surface area contributed by atoms with Gasteiger partial charge in [-0.15, -0.1) is 0 Å². The van der Waals surface area contributed by atoms with Gasteiger partial charge in [-0.1, -0.05) is 11.6 Å². The highest BCUT2D eigenvalue weighted by Crippen LogP contribution is 2.24. The lowest BCUT2D eigenvalue weighted by atomic mass is 10.0. The van der Waals surface area contributed by atoms with Crippen LogP contribution in [0, 0.1) is 10.1 Å². The molecule has 8 heteroatoms. The minimum atomic E-state index is -1.44. The number of halogens is 1. The number of carbonyl (C=O) groups excluding carboxylic acids is 1. The average Bonchev–Trinajstić information content (AvgIpc) is 2.38. The van der Waals surface area contributed by atoms with E-state index in [-0.39, 0.29) is 22.8 Å². The van der Waals surface area contributed by atoms with Gasteiger partial charge in [0.25, 0.3) is 11.6 Å². The van der Waals surface area contributed by atoms with Crippen LogP contribution in [0.1, 0.15) is 31.1 Å². The first kappa shape index (κ1) is 16.9. The summed E-state index contributed by atoms with van der Waals surface area (Å²) >= 11 is 5.77. The number of hydrogen-bond donors (Lipinski definition) is 1. The predicted molar refractivity (Wildman–Crippen MR) is 76.5 cm³/mol. The molecule has 0 saturated carbocycles. The number of carbonyl (C=O) groups is 2. The number of nitro benzene ring substituents is 1. The quantitative estimate of drug-likeness (QED) is 0.665. The number of carboxylic acids is 1. The SMILES string of the molecule is CCN(C(=O)c1cc(Cl)cc([N+](=O)[O-])c1)C(C)(C)C(=O)O. The van der Waals surface area contributed by atoms with Crippen LogP contribution in [-0.2, 0) is 4.79 Å². The van der Waals surface area contributed by atoms with Crippen LogP contribution in [0.25, 0.3) is 0 Å². The molecule has 114 valence electrons. The Balaban J connectivity index is 3.29. The van der Waals surface area contributed by atoms with Gasteiger partial charge in [0, 0.05) is 29.3 Å². The summed E-state index contributed by atoms with van der Waals surface area (Å²) in [5, 5.41) is 20.0. The van der Waals surface area contributed by atoms with Crippen molar-refractivity contribution >= 4 is 29.2 Å². The molecule has 0 aliphatic heterocycles. The molecular weight excluding hydrogens is 300 g/mol. The Hall–Kier alpha value is -2.15. The molecule has 1 amide bonds. The summed E-state index contributed by atoms with van der Waals surface area (Å²) in [7, 11) is 0. The van der Waals surface area contributed by atoms with Gasteiger partial charge in [0.2, 0.25) is 0 Å². The van der Waals surface area contributed by atoms with Crippen LogP contribution in [0.3, 0.4) is 0 Å². The van der Waals surface area contributed by atoms with Gasteiger partial charge >= 0.3 is 5.97 Å². The van der Waals surface area contributed by atoms with E-state index in [0.717, 1.165) is 17.0 Å². The standard InChI is InChI=1S/C13H15ClN2O5/c1-4-15(13(2,3)12(18)19)11(17)8-5-9(14)7-10(6-8)16(20)21/h5-7H,4H2,1-3H3,(H,18,19). The third kappa shape index (κ3) is 3.49. The van der Waals surface area contributed by atoms with Crippen LogP contribution in [0.4, 0.5) is 5.69 Å². The van der Waals surface area contributed by atoms with Crippen LogP contribution < -0.4 is 0 Å².